The Labute approximate surface area is 102 Å². The highest BCUT2D eigenvalue weighted by Crippen LogP contribution is 2.33. The van der Waals surface area contributed by atoms with Gasteiger partial charge in [-0.2, -0.15) is 0 Å². The number of hydrogen-bond donors (Lipinski definition) is 0. The molecule has 2 atom stereocenters. The SMILES string of the molecule is ClC[C@@H]1CC(Cl)=C[C@H](C2CCCCC2)O1. The molecule has 3 heteroatoms. The van der Waals surface area contributed by atoms with E-state index >= 15 is 0 Å². The smallest absolute Gasteiger partial charge is 0.0802 e. The zero-order chi connectivity index (χ0) is 10.7. The second-order valence-electron chi connectivity index (χ2n) is 4.59. The molecule has 0 saturated heterocycles. The van der Waals surface area contributed by atoms with Crippen LogP contribution in [0.15, 0.2) is 11.1 Å². The third-order valence-corrected chi connectivity index (χ3v) is 4.03. The molecule has 2 aliphatic rings. The van der Waals surface area contributed by atoms with Gasteiger partial charge in [0.25, 0.3) is 0 Å². The molecule has 1 fully saturated rings. The highest BCUT2D eigenvalue weighted by atomic mass is 35.5. The van der Waals surface area contributed by atoms with E-state index in [0.29, 0.717) is 11.8 Å². The maximum Gasteiger partial charge on any atom is 0.0802 e. The molecule has 0 amide bonds. The van der Waals surface area contributed by atoms with Crippen LogP contribution in [0.3, 0.4) is 0 Å². The predicted octanol–water partition coefficient (Wildman–Crippen LogP) is 4.09. The number of hydrogen-bond acceptors (Lipinski definition) is 1. The van der Waals surface area contributed by atoms with Crippen molar-refractivity contribution in [3.05, 3.63) is 11.1 Å². The van der Waals surface area contributed by atoms with Crippen molar-refractivity contribution < 1.29 is 4.74 Å². The van der Waals surface area contributed by atoms with E-state index in [1.807, 2.05) is 0 Å². The minimum Gasteiger partial charge on any atom is -0.369 e. The minimum atomic E-state index is 0.121. The van der Waals surface area contributed by atoms with Crippen LogP contribution in [0, 0.1) is 5.92 Å². The van der Waals surface area contributed by atoms with Crippen LogP contribution in [-0.2, 0) is 4.74 Å². The number of alkyl halides is 1. The highest BCUT2D eigenvalue weighted by Gasteiger charge is 2.28. The molecule has 1 aliphatic heterocycles. The summed E-state index contributed by atoms with van der Waals surface area (Å²) in [4.78, 5) is 0. The van der Waals surface area contributed by atoms with Gasteiger partial charge in [0, 0.05) is 17.3 Å². The first-order valence-corrected chi connectivity index (χ1v) is 6.78. The van der Waals surface area contributed by atoms with E-state index in [0.717, 1.165) is 11.5 Å². The van der Waals surface area contributed by atoms with Crippen LogP contribution in [0.4, 0.5) is 0 Å². The summed E-state index contributed by atoms with van der Waals surface area (Å²) in [5.74, 6) is 1.21. The molecule has 0 spiro atoms. The van der Waals surface area contributed by atoms with E-state index in [9.17, 15) is 0 Å². The molecule has 0 bridgehead atoms. The number of rotatable bonds is 2. The normalized spacial score (nSPS) is 33.9. The average Bonchev–Trinajstić information content (AvgIpc) is 2.29. The summed E-state index contributed by atoms with van der Waals surface area (Å²) in [6, 6.07) is 0. The monoisotopic (exact) mass is 248 g/mol. The molecular weight excluding hydrogens is 231 g/mol. The summed E-state index contributed by atoms with van der Waals surface area (Å²) >= 11 is 12.0. The van der Waals surface area contributed by atoms with Gasteiger partial charge < -0.3 is 4.74 Å². The van der Waals surface area contributed by atoms with E-state index in [2.05, 4.69) is 6.08 Å². The summed E-state index contributed by atoms with van der Waals surface area (Å²) in [5, 5.41) is 0.933. The molecule has 2 rings (SSSR count). The van der Waals surface area contributed by atoms with Crippen molar-refractivity contribution in [2.45, 2.75) is 50.7 Å². The lowest BCUT2D eigenvalue weighted by Crippen LogP contribution is -2.33. The summed E-state index contributed by atoms with van der Waals surface area (Å²) in [5.41, 5.74) is 0. The van der Waals surface area contributed by atoms with Gasteiger partial charge in [-0.05, 0) is 24.8 Å². The molecule has 0 aromatic rings. The largest absolute Gasteiger partial charge is 0.369 e. The number of halogens is 2. The third-order valence-electron chi connectivity index (χ3n) is 3.40. The van der Waals surface area contributed by atoms with Crippen molar-refractivity contribution >= 4 is 23.2 Å². The maximum atomic E-state index is 6.13. The van der Waals surface area contributed by atoms with Gasteiger partial charge in [-0.15, -0.1) is 11.6 Å². The van der Waals surface area contributed by atoms with Crippen molar-refractivity contribution in [3.8, 4) is 0 Å². The fourth-order valence-electron chi connectivity index (χ4n) is 2.57. The van der Waals surface area contributed by atoms with E-state index in [4.69, 9.17) is 27.9 Å². The van der Waals surface area contributed by atoms with Gasteiger partial charge in [0.15, 0.2) is 0 Å². The van der Waals surface area contributed by atoms with Gasteiger partial charge in [-0.3, -0.25) is 0 Å². The van der Waals surface area contributed by atoms with Crippen LogP contribution >= 0.6 is 23.2 Å². The van der Waals surface area contributed by atoms with Gasteiger partial charge in [0.05, 0.1) is 12.2 Å². The lowest BCUT2D eigenvalue weighted by Gasteiger charge is -2.34. The van der Waals surface area contributed by atoms with Crippen LogP contribution in [0.25, 0.3) is 0 Å². The minimum absolute atomic E-state index is 0.121. The van der Waals surface area contributed by atoms with Gasteiger partial charge in [-0.25, -0.2) is 0 Å². The zero-order valence-corrected chi connectivity index (χ0v) is 10.4. The molecule has 1 heterocycles. The quantitative estimate of drug-likeness (QED) is 0.670. The molecule has 1 nitrogen and oxygen atoms in total. The first kappa shape index (κ1) is 11.8. The van der Waals surface area contributed by atoms with Crippen LogP contribution in [0.5, 0.6) is 0 Å². The summed E-state index contributed by atoms with van der Waals surface area (Å²) in [6.07, 6.45) is 9.82. The first-order valence-electron chi connectivity index (χ1n) is 5.87. The maximum absolute atomic E-state index is 6.13. The van der Waals surface area contributed by atoms with Crippen molar-refractivity contribution in [2.75, 3.05) is 5.88 Å². The van der Waals surface area contributed by atoms with Crippen molar-refractivity contribution in [1.29, 1.82) is 0 Å². The Balaban J connectivity index is 1.98. The Morgan fingerprint density at radius 1 is 1.27 bits per heavy atom. The average molecular weight is 249 g/mol. The van der Waals surface area contributed by atoms with E-state index in [1.54, 1.807) is 0 Å². The van der Waals surface area contributed by atoms with Gasteiger partial charge in [0.2, 0.25) is 0 Å². The first-order chi connectivity index (χ1) is 7.29. The second kappa shape index (κ2) is 5.56. The van der Waals surface area contributed by atoms with Gasteiger partial charge >= 0.3 is 0 Å². The lowest BCUT2D eigenvalue weighted by atomic mass is 9.84. The van der Waals surface area contributed by atoms with Gasteiger partial charge in [-0.1, -0.05) is 30.9 Å². The predicted molar refractivity (Wildman–Crippen MR) is 64.5 cm³/mol. The van der Waals surface area contributed by atoms with Crippen LogP contribution < -0.4 is 0 Å². The van der Waals surface area contributed by atoms with Gasteiger partial charge in [0.1, 0.15) is 0 Å². The highest BCUT2D eigenvalue weighted by molar-refractivity contribution is 6.29. The molecule has 0 N–H and O–H groups in total. The Bertz CT molecular complexity index is 234. The molecule has 0 radical (unpaired) electrons. The second-order valence-corrected chi connectivity index (χ2v) is 5.39. The number of ether oxygens (including phenoxy) is 1. The third kappa shape index (κ3) is 3.12. The summed E-state index contributed by atoms with van der Waals surface area (Å²) in [6.45, 7) is 0. The van der Waals surface area contributed by atoms with Crippen LogP contribution in [0.1, 0.15) is 38.5 Å². The Morgan fingerprint density at radius 2 is 2.00 bits per heavy atom. The fraction of sp³-hybridized carbons (Fsp3) is 0.833. The standard InChI is InChI=1S/C12H18Cl2O/c13-8-11-6-10(14)7-12(15-11)9-4-2-1-3-5-9/h7,9,11-12H,1-6,8H2/t11-,12+/m0/s1. The van der Waals surface area contributed by atoms with E-state index in [1.165, 1.54) is 32.1 Å². The van der Waals surface area contributed by atoms with Crippen LogP contribution in [0.2, 0.25) is 0 Å². The molecule has 0 unspecified atom stereocenters. The van der Waals surface area contributed by atoms with Crippen molar-refractivity contribution in [2.24, 2.45) is 5.92 Å². The molecule has 0 aromatic carbocycles. The van der Waals surface area contributed by atoms with E-state index in [-0.39, 0.29) is 12.2 Å². The topological polar surface area (TPSA) is 9.23 Å². The summed E-state index contributed by atoms with van der Waals surface area (Å²) in [7, 11) is 0. The molecule has 0 aromatic heterocycles. The van der Waals surface area contributed by atoms with Crippen molar-refractivity contribution in [3.63, 3.8) is 0 Å². The Hall–Kier alpha value is 0.280. The molecule has 86 valence electrons. The molecule has 1 aliphatic carbocycles. The molecule has 15 heavy (non-hydrogen) atoms. The Morgan fingerprint density at radius 3 is 2.67 bits per heavy atom. The Kier molecular flexibility index (Phi) is 4.36. The summed E-state index contributed by atoms with van der Waals surface area (Å²) < 4.78 is 5.95. The fourth-order valence-corrected chi connectivity index (χ4v) is 3.05. The zero-order valence-electron chi connectivity index (χ0n) is 8.92. The molecule has 1 saturated carbocycles. The van der Waals surface area contributed by atoms with E-state index < -0.39 is 0 Å². The van der Waals surface area contributed by atoms with Crippen molar-refractivity contribution in [1.82, 2.24) is 0 Å². The van der Waals surface area contributed by atoms with Crippen LogP contribution in [-0.4, -0.2) is 18.1 Å². The molecular formula is C12H18Cl2O. The lowest BCUT2D eigenvalue weighted by molar-refractivity contribution is -0.0214.